The lowest BCUT2D eigenvalue weighted by Gasteiger charge is -2.03. The largest absolute Gasteiger partial charge is 0.465 e. The molecule has 0 aliphatic rings. The number of halogens is 1. The first-order valence-corrected chi connectivity index (χ1v) is 6.96. The van der Waals surface area contributed by atoms with Crippen molar-refractivity contribution in [2.75, 3.05) is 0 Å². The summed E-state index contributed by atoms with van der Waals surface area (Å²) in [6.07, 6.45) is 3.86. The highest BCUT2D eigenvalue weighted by molar-refractivity contribution is 9.09. The molecule has 3 rings (SSSR count). The van der Waals surface area contributed by atoms with E-state index in [4.69, 9.17) is 4.42 Å². The Labute approximate surface area is 120 Å². The smallest absolute Gasteiger partial charge is 0.122 e. The van der Waals surface area contributed by atoms with Crippen molar-refractivity contribution in [3.05, 3.63) is 71.9 Å². The molecule has 2 heterocycles. The number of alkyl halides is 1. The summed E-state index contributed by atoms with van der Waals surface area (Å²) in [5.41, 5.74) is 2.11. The van der Waals surface area contributed by atoms with Gasteiger partial charge >= 0.3 is 0 Å². The average Bonchev–Trinajstić information content (AvgIpc) is 3.08. The van der Waals surface area contributed by atoms with E-state index >= 15 is 0 Å². The Balaban J connectivity index is 1.89. The number of furan rings is 1. The third kappa shape index (κ3) is 2.49. The lowest BCUT2D eigenvalue weighted by Crippen LogP contribution is -1.93. The molecule has 4 heteroatoms. The highest BCUT2D eigenvalue weighted by Crippen LogP contribution is 2.31. The number of aryl methyl sites for hydroxylation is 1. The third-order valence-electron chi connectivity index (χ3n) is 2.93. The van der Waals surface area contributed by atoms with E-state index in [1.54, 1.807) is 0 Å². The fourth-order valence-electron chi connectivity index (χ4n) is 1.94. The minimum Gasteiger partial charge on any atom is -0.465 e. The molecule has 0 aliphatic heterocycles. The zero-order valence-electron chi connectivity index (χ0n) is 10.5. The van der Waals surface area contributed by atoms with Crippen molar-refractivity contribution in [2.45, 2.75) is 11.8 Å². The van der Waals surface area contributed by atoms with Crippen LogP contribution in [-0.4, -0.2) is 9.78 Å². The van der Waals surface area contributed by atoms with Crippen LogP contribution >= 0.6 is 15.9 Å². The number of nitrogens with zero attached hydrogens (tertiary/aromatic N) is 2. The average molecular weight is 317 g/mol. The van der Waals surface area contributed by atoms with Crippen LogP contribution in [0.3, 0.4) is 0 Å². The van der Waals surface area contributed by atoms with Crippen molar-refractivity contribution >= 4 is 15.9 Å². The summed E-state index contributed by atoms with van der Waals surface area (Å²) >= 11 is 3.65. The molecule has 3 nitrogen and oxygen atoms in total. The standard InChI is InChI=1S/C15H13BrN2O/c1-11-7-8-14(19-11)15(16)12-9-17-18(10-12)13-5-3-2-4-6-13/h2-10,15H,1H3. The van der Waals surface area contributed by atoms with E-state index < -0.39 is 0 Å². The van der Waals surface area contributed by atoms with Gasteiger partial charge in [0, 0.05) is 11.8 Å². The molecule has 1 atom stereocenters. The minimum absolute atomic E-state index is 0.0265. The second-order valence-electron chi connectivity index (χ2n) is 4.36. The number of aromatic nitrogens is 2. The Morgan fingerprint density at radius 1 is 1.16 bits per heavy atom. The predicted molar refractivity (Wildman–Crippen MR) is 77.8 cm³/mol. The van der Waals surface area contributed by atoms with Crippen molar-refractivity contribution < 1.29 is 4.42 Å². The molecule has 0 bridgehead atoms. The van der Waals surface area contributed by atoms with Gasteiger partial charge in [0.15, 0.2) is 0 Å². The molecule has 0 radical (unpaired) electrons. The molecular formula is C15H13BrN2O. The van der Waals surface area contributed by atoms with Gasteiger partial charge in [-0.2, -0.15) is 5.10 Å². The Morgan fingerprint density at radius 3 is 2.63 bits per heavy atom. The minimum atomic E-state index is 0.0265. The highest BCUT2D eigenvalue weighted by atomic mass is 79.9. The summed E-state index contributed by atoms with van der Waals surface area (Å²) in [6, 6.07) is 14.0. The first-order chi connectivity index (χ1) is 9.24. The molecule has 3 aromatic rings. The van der Waals surface area contributed by atoms with Gasteiger partial charge in [-0.3, -0.25) is 0 Å². The molecule has 0 N–H and O–H groups in total. The number of hydrogen-bond donors (Lipinski definition) is 0. The first-order valence-electron chi connectivity index (χ1n) is 6.04. The van der Waals surface area contributed by atoms with E-state index in [1.807, 2.05) is 66.5 Å². The summed E-state index contributed by atoms with van der Waals surface area (Å²) in [5.74, 6) is 1.81. The molecule has 96 valence electrons. The van der Waals surface area contributed by atoms with Crippen LogP contribution in [0.2, 0.25) is 0 Å². The molecule has 0 saturated carbocycles. The van der Waals surface area contributed by atoms with Gasteiger partial charge in [-0.15, -0.1) is 0 Å². The maximum absolute atomic E-state index is 5.63. The van der Waals surface area contributed by atoms with Gasteiger partial charge in [-0.1, -0.05) is 34.1 Å². The van der Waals surface area contributed by atoms with E-state index in [2.05, 4.69) is 21.0 Å². The Kier molecular flexibility index (Phi) is 3.25. The monoisotopic (exact) mass is 316 g/mol. The van der Waals surface area contributed by atoms with Gasteiger partial charge in [-0.25, -0.2) is 4.68 Å². The van der Waals surface area contributed by atoms with Gasteiger partial charge < -0.3 is 4.42 Å². The Hall–Kier alpha value is -1.81. The molecule has 2 aromatic heterocycles. The maximum atomic E-state index is 5.63. The van der Waals surface area contributed by atoms with Gasteiger partial charge in [-0.05, 0) is 31.2 Å². The van der Waals surface area contributed by atoms with E-state index in [0.717, 1.165) is 22.8 Å². The van der Waals surface area contributed by atoms with E-state index in [0.29, 0.717) is 0 Å². The van der Waals surface area contributed by atoms with Crippen LogP contribution in [0.25, 0.3) is 5.69 Å². The van der Waals surface area contributed by atoms with Crippen LogP contribution in [0.1, 0.15) is 21.9 Å². The van der Waals surface area contributed by atoms with Crippen LogP contribution in [0.5, 0.6) is 0 Å². The molecule has 1 unspecified atom stereocenters. The summed E-state index contributed by atoms with van der Waals surface area (Å²) in [7, 11) is 0. The third-order valence-corrected chi connectivity index (χ3v) is 3.91. The number of hydrogen-bond acceptors (Lipinski definition) is 2. The zero-order valence-corrected chi connectivity index (χ0v) is 12.0. The summed E-state index contributed by atoms with van der Waals surface area (Å²) in [4.78, 5) is 0.0265. The number of benzene rings is 1. The lowest BCUT2D eigenvalue weighted by molar-refractivity contribution is 0.492. The molecule has 0 fully saturated rings. The second kappa shape index (κ2) is 5.05. The summed E-state index contributed by atoms with van der Waals surface area (Å²) in [5, 5.41) is 4.38. The van der Waals surface area contributed by atoms with E-state index in [1.165, 1.54) is 0 Å². The number of para-hydroxylation sites is 1. The van der Waals surface area contributed by atoms with Crippen LogP contribution in [0.4, 0.5) is 0 Å². The quantitative estimate of drug-likeness (QED) is 0.676. The number of rotatable bonds is 3. The normalized spacial score (nSPS) is 12.5. The molecule has 1 aromatic carbocycles. The molecule has 0 spiro atoms. The van der Waals surface area contributed by atoms with Gasteiger partial charge in [0.2, 0.25) is 0 Å². The highest BCUT2D eigenvalue weighted by Gasteiger charge is 2.16. The molecule has 0 aliphatic carbocycles. The van der Waals surface area contributed by atoms with Crippen molar-refractivity contribution in [3.8, 4) is 5.69 Å². The van der Waals surface area contributed by atoms with Crippen LogP contribution in [-0.2, 0) is 0 Å². The van der Waals surface area contributed by atoms with Crippen LogP contribution in [0.15, 0.2) is 59.3 Å². The van der Waals surface area contributed by atoms with Crippen LogP contribution < -0.4 is 0 Å². The second-order valence-corrected chi connectivity index (χ2v) is 5.28. The molecule has 0 amide bonds. The molecular weight excluding hydrogens is 304 g/mol. The van der Waals surface area contributed by atoms with Crippen molar-refractivity contribution in [3.63, 3.8) is 0 Å². The van der Waals surface area contributed by atoms with Gasteiger partial charge in [0.1, 0.15) is 16.3 Å². The van der Waals surface area contributed by atoms with Crippen LogP contribution in [0, 0.1) is 6.92 Å². The Bertz CT molecular complexity index is 672. The van der Waals surface area contributed by atoms with E-state index in [-0.39, 0.29) is 4.83 Å². The maximum Gasteiger partial charge on any atom is 0.122 e. The fraction of sp³-hybridized carbons (Fsp3) is 0.133. The molecule has 0 saturated heterocycles. The predicted octanol–water partition coefficient (Wildman–Crippen LogP) is 4.26. The van der Waals surface area contributed by atoms with Gasteiger partial charge in [0.25, 0.3) is 0 Å². The lowest BCUT2D eigenvalue weighted by atomic mass is 10.2. The fourth-order valence-corrected chi connectivity index (χ4v) is 2.43. The van der Waals surface area contributed by atoms with Gasteiger partial charge in [0.05, 0.1) is 11.9 Å². The Morgan fingerprint density at radius 2 is 1.95 bits per heavy atom. The summed E-state index contributed by atoms with van der Waals surface area (Å²) < 4.78 is 7.49. The zero-order chi connectivity index (χ0) is 13.2. The van der Waals surface area contributed by atoms with Crippen molar-refractivity contribution in [1.29, 1.82) is 0 Å². The SMILES string of the molecule is Cc1ccc(C(Br)c2cnn(-c3ccccc3)c2)o1. The topological polar surface area (TPSA) is 31.0 Å². The molecule has 19 heavy (non-hydrogen) atoms. The first kappa shape index (κ1) is 12.2. The van der Waals surface area contributed by atoms with E-state index in [9.17, 15) is 0 Å². The van der Waals surface area contributed by atoms with Crippen molar-refractivity contribution in [2.24, 2.45) is 0 Å². The van der Waals surface area contributed by atoms with Crippen molar-refractivity contribution in [1.82, 2.24) is 9.78 Å². The summed E-state index contributed by atoms with van der Waals surface area (Å²) in [6.45, 7) is 1.94.